The van der Waals surface area contributed by atoms with Crippen LogP contribution in [0, 0.1) is 29.1 Å². The highest BCUT2D eigenvalue weighted by Crippen LogP contribution is 2.36. The van der Waals surface area contributed by atoms with Crippen molar-refractivity contribution in [3.05, 3.63) is 0 Å². The fourth-order valence-electron chi connectivity index (χ4n) is 2.97. The fraction of sp³-hybridized carbons (Fsp3) is 0.929. The van der Waals surface area contributed by atoms with Crippen LogP contribution in [0.5, 0.6) is 0 Å². The van der Waals surface area contributed by atoms with Crippen LogP contribution in [0.15, 0.2) is 0 Å². The third kappa shape index (κ3) is 4.24. The highest BCUT2D eigenvalue weighted by atomic mass is 14.3. The second-order valence-corrected chi connectivity index (χ2v) is 5.24. The predicted octanol–water partition coefficient (Wildman–Crippen LogP) is 4.53. The third-order valence-corrected chi connectivity index (χ3v) is 4.12. The molecule has 0 spiro atoms. The standard InChI is InChI=1S/C14H25N/c1-3-13(6-4-5-11-15)14-9-7-12(2)8-10-14/h12-14H,3-10H2,1-2H3. The molecule has 0 N–H and O–H groups in total. The fourth-order valence-corrected chi connectivity index (χ4v) is 2.97. The Labute approximate surface area is 94.9 Å². The molecule has 1 nitrogen and oxygen atoms in total. The molecule has 0 heterocycles. The first-order valence-corrected chi connectivity index (χ1v) is 6.64. The Balaban J connectivity index is 2.28. The molecule has 1 atom stereocenters. The van der Waals surface area contributed by atoms with Gasteiger partial charge in [-0.3, -0.25) is 0 Å². The maximum absolute atomic E-state index is 8.55. The summed E-state index contributed by atoms with van der Waals surface area (Å²) in [5.41, 5.74) is 0. The Hall–Kier alpha value is -0.510. The monoisotopic (exact) mass is 207 g/mol. The zero-order valence-corrected chi connectivity index (χ0v) is 10.3. The van der Waals surface area contributed by atoms with Gasteiger partial charge in [0.1, 0.15) is 0 Å². The van der Waals surface area contributed by atoms with Crippen LogP contribution < -0.4 is 0 Å². The van der Waals surface area contributed by atoms with Gasteiger partial charge in [0, 0.05) is 6.42 Å². The molecule has 1 saturated carbocycles. The zero-order valence-electron chi connectivity index (χ0n) is 10.3. The van der Waals surface area contributed by atoms with E-state index in [9.17, 15) is 0 Å². The Morgan fingerprint density at radius 1 is 1.27 bits per heavy atom. The van der Waals surface area contributed by atoms with E-state index in [1.54, 1.807) is 0 Å². The number of rotatable bonds is 5. The van der Waals surface area contributed by atoms with Gasteiger partial charge in [-0.15, -0.1) is 0 Å². The molecule has 0 amide bonds. The summed E-state index contributed by atoms with van der Waals surface area (Å²) >= 11 is 0. The molecule has 1 heteroatoms. The summed E-state index contributed by atoms with van der Waals surface area (Å²) in [6, 6.07) is 2.26. The van der Waals surface area contributed by atoms with Crippen LogP contribution in [0.1, 0.15) is 65.2 Å². The topological polar surface area (TPSA) is 23.8 Å². The summed E-state index contributed by atoms with van der Waals surface area (Å²) in [4.78, 5) is 0. The molecule has 0 aromatic rings. The lowest BCUT2D eigenvalue weighted by atomic mass is 9.74. The van der Waals surface area contributed by atoms with Crippen molar-refractivity contribution in [2.75, 3.05) is 0 Å². The van der Waals surface area contributed by atoms with Gasteiger partial charge >= 0.3 is 0 Å². The van der Waals surface area contributed by atoms with E-state index in [1.165, 1.54) is 38.5 Å². The van der Waals surface area contributed by atoms with Crippen LogP contribution >= 0.6 is 0 Å². The van der Waals surface area contributed by atoms with Gasteiger partial charge in [-0.05, 0) is 43.4 Å². The van der Waals surface area contributed by atoms with E-state index >= 15 is 0 Å². The molecule has 0 bridgehead atoms. The number of hydrogen-bond acceptors (Lipinski definition) is 1. The summed E-state index contributed by atoms with van der Waals surface area (Å²) in [5, 5.41) is 8.55. The Morgan fingerprint density at radius 3 is 2.47 bits per heavy atom. The van der Waals surface area contributed by atoms with Crippen LogP contribution in [0.3, 0.4) is 0 Å². The minimum Gasteiger partial charge on any atom is -0.198 e. The van der Waals surface area contributed by atoms with Crippen LogP contribution in [0.4, 0.5) is 0 Å². The Kier molecular flexibility index (Phi) is 5.76. The summed E-state index contributed by atoms with van der Waals surface area (Å²) in [6.45, 7) is 4.70. The molecule has 0 aromatic carbocycles. The van der Waals surface area contributed by atoms with Crippen molar-refractivity contribution < 1.29 is 0 Å². The molecule has 1 fully saturated rings. The number of nitriles is 1. The van der Waals surface area contributed by atoms with Gasteiger partial charge in [-0.25, -0.2) is 0 Å². The molecular weight excluding hydrogens is 182 g/mol. The van der Waals surface area contributed by atoms with Crippen molar-refractivity contribution in [3.63, 3.8) is 0 Å². The zero-order chi connectivity index (χ0) is 11.1. The maximum Gasteiger partial charge on any atom is 0.0621 e. The summed E-state index contributed by atoms with van der Waals surface area (Å²) in [5.74, 6) is 2.81. The first kappa shape index (κ1) is 12.6. The summed E-state index contributed by atoms with van der Waals surface area (Å²) in [7, 11) is 0. The predicted molar refractivity (Wildman–Crippen MR) is 64.4 cm³/mol. The lowest BCUT2D eigenvalue weighted by molar-refractivity contribution is 0.196. The first-order valence-electron chi connectivity index (χ1n) is 6.64. The van der Waals surface area contributed by atoms with Crippen molar-refractivity contribution >= 4 is 0 Å². The highest BCUT2D eigenvalue weighted by molar-refractivity contribution is 4.77. The molecule has 1 aliphatic rings. The molecule has 0 saturated heterocycles. The Bertz CT molecular complexity index is 196. The molecule has 15 heavy (non-hydrogen) atoms. The maximum atomic E-state index is 8.55. The third-order valence-electron chi connectivity index (χ3n) is 4.12. The van der Waals surface area contributed by atoms with Crippen molar-refractivity contribution in [2.24, 2.45) is 17.8 Å². The van der Waals surface area contributed by atoms with E-state index in [2.05, 4.69) is 19.9 Å². The van der Waals surface area contributed by atoms with Gasteiger partial charge in [-0.1, -0.05) is 33.1 Å². The molecular formula is C14H25N. The van der Waals surface area contributed by atoms with Gasteiger partial charge in [0.2, 0.25) is 0 Å². The van der Waals surface area contributed by atoms with Gasteiger partial charge < -0.3 is 0 Å². The van der Waals surface area contributed by atoms with Gasteiger partial charge in [-0.2, -0.15) is 5.26 Å². The van der Waals surface area contributed by atoms with Crippen LogP contribution in [0.25, 0.3) is 0 Å². The number of nitrogens with zero attached hydrogens (tertiary/aromatic N) is 1. The average molecular weight is 207 g/mol. The van der Waals surface area contributed by atoms with E-state index in [-0.39, 0.29) is 0 Å². The van der Waals surface area contributed by atoms with E-state index in [4.69, 9.17) is 5.26 Å². The van der Waals surface area contributed by atoms with E-state index in [0.29, 0.717) is 0 Å². The molecule has 0 aliphatic heterocycles. The van der Waals surface area contributed by atoms with E-state index < -0.39 is 0 Å². The average Bonchev–Trinajstić information content (AvgIpc) is 2.26. The minimum atomic E-state index is 0.750. The normalized spacial score (nSPS) is 28.3. The van der Waals surface area contributed by atoms with Crippen molar-refractivity contribution in [1.29, 1.82) is 5.26 Å². The van der Waals surface area contributed by atoms with Gasteiger partial charge in [0.25, 0.3) is 0 Å². The van der Waals surface area contributed by atoms with Gasteiger partial charge in [0.15, 0.2) is 0 Å². The molecule has 1 rings (SSSR count). The molecule has 1 aliphatic carbocycles. The number of hydrogen-bond donors (Lipinski definition) is 0. The SMILES string of the molecule is CCC(CCCC#N)C1CCC(C)CC1. The van der Waals surface area contributed by atoms with Gasteiger partial charge in [0.05, 0.1) is 6.07 Å². The van der Waals surface area contributed by atoms with Crippen LogP contribution in [0.2, 0.25) is 0 Å². The smallest absolute Gasteiger partial charge is 0.0621 e. The molecule has 0 radical (unpaired) electrons. The quantitative estimate of drug-likeness (QED) is 0.607. The lowest BCUT2D eigenvalue weighted by Gasteiger charge is -2.32. The lowest BCUT2D eigenvalue weighted by Crippen LogP contribution is -2.20. The summed E-state index contributed by atoms with van der Waals surface area (Å²) < 4.78 is 0. The summed E-state index contributed by atoms with van der Waals surface area (Å²) in [6.07, 6.45) is 10.2. The Morgan fingerprint density at radius 2 is 1.93 bits per heavy atom. The second-order valence-electron chi connectivity index (χ2n) is 5.24. The largest absolute Gasteiger partial charge is 0.198 e. The van der Waals surface area contributed by atoms with Crippen LogP contribution in [-0.2, 0) is 0 Å². The van der Waals surface area contributed by atoms with Crippen LogP contribution in [-0.4, -0.2) is 0 Å². The highest BCUT2D eigenvalue weighted by Gasteiger charge is 2.24. The second kappa shape index (κ2) is 6.88. The van der Waals surface area contributed by atoms with E-state index in [1.807, 2.05) is 0 Å². The molecule has 0 aromatic heterocycles. The van der Waals surface area contributed by atoms with Crippen molar-refractivity contribution in [2.45, 2.75) is 65.2 Å². The molecule has 1 unspecified atom stereocenters. The van der Waals surface area contributed by atoms with Crippen molar-refractivity contribution in [1.82, 2.24) is 0 Å². The number of unbranched alkanes of at least 4 members (excludes halogenated alkanes) is 1. The first-order chi connectivity index (χ1) is 7.27. The van der Waals surface area contributed by atoms with Crippen molar-refractivity contribution in [3.8, 4) is 6.07 Å². The van der Waals surface area contributed by atoms with E-state index in [0.717, 1.165) is 30.6 Å². The molecule has 86 valence electrons. The minimum absolute atomic E-state index is 0.750.